The van der Waals surface area contributed by atoms with Crippen molar-refractivity contribution in [3.05, 3.63) is 35.4 Å². The molecule has 1 aromatic carbocycles. The molecular formula is C16H24O2Si. The SMILES string of the molecule is CCOC(=O)[C@H]1C([Si](C)(C)C)[C@@H]1c1ccc(C)cc1. The molecule has 1 aliphatic carbocycles. The summed E-state index contributed by atoms with van der Waals surface area (Å²) in [6, 6.07) is 8.62. The highest BCUT2D eigenvalue weighted by Crippen LogP contribution is 2.64. The van der Waals surface area contributed by atoms with Crippen molar-refractivity contribution in [1.29, 1.82) is 0 Å². The Kier molecular flexibility index (Phi) is 3.86. The summed E-state index contributed by atoms with van der Waals surface area (Å²) in [7, 11) is -1.34. The molecule has 0 bridgehead atoms. The van der Waals surface area contributed by atoms with Crippen molar-refractivity contribution in [3.8, 4) is 0 Å². The zero-order valence-corrected chi connectivity index (χ0v) is 13.6. The molecule has 2 rings (SSSR count). The van der Waals surface area contributed by atoms with Crippen LogP contribution in [0.1, 0.15) is 24.0 Å². The Morgan fingerprint density at radius 1 is 1.21 bits per heavy atom. The van der Waals surface area contributed by atoms with E-state index in [0.29, 0.717) is 18.1 Å². The van der Waals surface area contributed by atoms with Crippen LogP contribution in [0.4, 0.5) is 0 Å². The van der Waals surface area contributed by atoms with Crippen molar-refractivity contribution < 1.29 is 9.53 Å². The highest BCUT2D eigenvalue weighted by Gasteiger charge is 2.61. The first-order valence-electron chi connectivity index (χ1n) is 7.09. The minimum Gasteiger partial charge on any atom is -0.466 e. The van der Waals surface area contributed by atoms with E-state index in [-0.39, 0.29) is 11.9 Å². The zero-order chi connectivity index (χ0) is 14.2. The molecule has 0 N–H and O–H groups in total. The molecule has 0 radical (unpaired) electrons. The topological polar surface area (TPSA) is 26.3 Å². The van der Waals surface area contributed by atoms with Gasteiger partial charge in [-0.15, -0.1) is 0 Å². The molecule has 1 unspecified atom stereocenters. The van der Waals surface area contributed by atoms with Gasteiger partial charge in [-0.25, -0.2) is 0 Å². The number of esters is 1. The van der Waals surface area contributed by atoms with Crippen LogP contribution in [0, 0.1) is 12.8 Å². The Morgan fingerprint density at radius 3 is 2.26 bits per heavy atom. The lowest BCUT2D eigenvalue weighted by atomic mass is 10.1. The van der Waals surface area contributed by atoms with Gasteiger partial charge in [0.25, 0.3) is 0 Å². The van der Waals surface area contributed by atoms with Crippen molar-refractivity contribution in [2.75, 3.05) is 6.61 Å². The maximum atomic E-state index is 12.1. The summed E-state index contributed by atoms with van der Waals surface area (Å²) in [6.07, 6.45) is 0. The standard InChI is InChI=1S/C16H24O2Si/c1-6-18-16(17)14-13(15(14)19(3,4)5)12-9-7-11(2)8-10-12/h7-10,13-15H,6H2,1-5H3/t13-,14-,15?/m1/s1. The van der Waals surface area contributed by atoms with Crippen molar-refractivity contribution in [2.45, 2.75) is 44.9 Å². The molecule has 0 saturated heterocycles. The number of carbonyl (C=O) groups excluding carboxylic acids is 1. The van der Waals surface area contributed by atoms with Gasteiger partial charge in [-0.1, -0.05) is 49.5 Å². The molecule has 19 heavy (non-hydrogen) atoms. The van der Waals surface area contributed by atoms with Gasteiger partial charge in [-0.05, 0) is 30.9 Å². The largest absolute Gasteiger partial charge is 0.466 e. The van der Waals surface area contributed by atoms with E-state index in [0.717, 1.165) is 0 Å². The second kappa shape index (κ2) is 5.12. The Morgan fingerprint density at radius 2 is 1.79 bits per heavy atom. The van der Waals surface area contributed by atoms with Gasteiger partial charge in [-0.3, -0.25) is 4.79 Å². The lowest BCUT2D eigenvalue weighted by Gasteiger charge is -2.16. The lowest BCUT2D eigenvalue weighted by Crippen LogP contribution is -2.23. The minimum atomic E-state index is -1.34. The van der Waals surface area contributed by atoms with Crippen LogP contribution >= 0.6 is 0 Å². The van der Waals surface area contributed by atoms with Crippen LogP contribution in [-0.4, -0.2) is 20.7 Å². The number of rotatable bonds is 4. The molecule has 0 spiro atoms. The zero-order valence-electron chi connectivity index (χ0n) is 12.6. The van der Waals surface area contributed by atoms with Crippen LogP contribution in [0.5, 0.6) is 0 Å². The molecule has 3 atom stereocenters. The summed E-state index contributed by atoms with van der Waals surface area (Å²) in [5, 5.41) is 0. The number of hydrogen-bond donors (Lipinski definition) is 0. The van der Waals surface area contributed by atoms with Crippen molar-refractivity contribution >= 4 is 14.0 Å². The van der Waals surface area contributed by atoms with Gasteiger partial charge in [0.05, 0.1) is 12.5 Å². The quantitative estimate of drug-likeness (QED) is 0.614. The summed E-state index contributed by atoms with van der Waals surface area (Å²) in [6.45, 7) is 11.5. The Balaban J connectivity index is 2.23. The molecule has 1 fully saturated rings. The van der Waals surface area contributed by atoms with E-state index in [9.17, 15) is 4.79 Å². The van der Waals surface area contributed by atoms with Crippen LogP contribution in [-0.2, 0) is 9.53 Å². The van der Waals surface area contributed by atoms with Crippen LogP contribution in [0.2, 0.25) is 25.2 Å². The molecule has 0 amide bonds. The maximum Gasteiger partial charge on any atom is 0.309 e. The van der Waals surface area contributed by atoms with Gasteiger partial charge >= 0.3 is 5.97 Å². The first kappa shape index (κ1) is 14.3. The summed E-state index contributed by atoms with van der Waals surface area (Å²) >= 11 is 0. The normalized spacial score (nSPS) is 26.1. The van der Waals surface area contributed by atoms with Crippen molar-refractivity contribution in [1.82, 2.24) is 0 Å². The molecule has 0 aliphatic heterocycles. The van der Waals surface area contributed by atoms with E-state index in [4.69, 9.17) is 4.74 Å². The molecule has 1 saturated carbocycles. The van der Waals surface area contributed by atoms with Crippen molar-refractivity contribution in [2.24, 2.45) is 5.92 Å². The summed E-state index contributed by atoms with van der Waals surface area (Å²) in [5.74, 6) is 0.473. The Labute approximate surface area is 117 Å². The maximum absolute atomic E-state index is 12.1. The predicted molar refractivity (Wildman–Crippen MR) is 81.1 cm³/mol. The molecule has 0 heterocycles. The number of hydrogen-bond acceptors (Lipinski definition) is 2. The second-order valence-corrected chi connectivity index (χ2v) is 12.0. The smallest absolute Gasteiger partial charge is 0.309 e. The second-order valence-electron chi connectivity index (χ2n) is 6.61. The van der Waals surface area contributed by atoms with E-state index >= 15 is 0 Å². The van der Waals surface area contributed by atoms with Crippen LogP contribution in [0.15, 0.2) is 24.3 Å². The third-order valence-electron chi connectivity index (χ3n) is 4.04. The number of benzene rings is 1. The van der Waals surface area contributed by atoms with Crippen LogP contribution < -0.4 is 0 Å². The molecule has 1 aromatic rings. The fourth-order valence-electron chi connectivity index (χ4n) is 3.12. The Hall–Kier alpha value is -1.09. The fourth-order valence-corrected chi connectivity index (χ4v) is 5.91. The molecule has 104 valence electrons. The van der Waals surface area contributed by atoms with E-state index < -0.39 is 8.07 Å². The van der Waals surface area contributed by atoms with E-state index in [1.165, 1.54) is 11.1 Å². The lowest BCUT2D eigenvalue weighted by molar-refractivity contribution is -0.144. The monoisotopic (exact) mass is 276 g/mol. The molecule has 2 nitrogen and oxygen atoms in total. The van der Waals surface area contributed by atoms with E-state index in [1.54, 1.807) is 0 Å². The van der Waals surface area contributed by atoms with E-state index in [1.807, 2.05) is 6.92 Å². The van der Waals surface area contributed by atoms with Crippen LogP contribution in [0.25, 0.3) is 0 Å². The molecular weight excluding hydrogens is 252 g/mol. The third-order valence-corrected chi connectivity index (χ3v) is 6.76. The van der Waals surface area contributed by atoms with E-state index in [2.05, 4.69) is 50.8 Å². The minimum absolute atomic E-state index is 0.000463. The third kappa shape index (κ3) is 2.91. The van der Waals surface area contributed by atoms with Gasteiger partial charge in [0.1, 0.15) is 0 Å². The predicted octanol–water partition coefficient (Wildman–Crippen LogP) is 3.98. The average Bonchev–Trinajstić information content (AvgIpc) is 3.05. The van der Waals surface area contributed by atoms with Gasteiger partial charge in [0, 0.05) is 8.07 Å². The molecule has 1 aliphatic rings. The summed E-state index contributed by atoms with van der Waals surface area (Å²) in [5.41, 5.74) is 3.09. The summed E-state index contributed by atoms with van der Waals surface area (Å²) in [4.78, 5) is 12.1. The first-order chi connectivity index (χ1) is 8.86. The van der Waals surface area contributed by atoms with Gasteiger partial charge in [-0.2, -0.15) is 0 Å². The van der Waals surface area contributed by atoms with Gasteiger partial charge in [0.15, 0.2) is 0 Å². The van der Waals surface area contributed by atoms with Gasteiger partial charge in [0.2, 0.25) is 0 Å². The number of aryl methyl sites for hydroxylation is 1. The average molecular weight is 276 g/mol. The summed E-state index contributed by atoms with van der Waals surface area (Å²) < 4.78 is 5.25. The van der Waals surface area contributed by atoms with Crippen molar-refractivity contribution in [3.63, 3.8) is 0 Å². The highest BCUT2D eigenvalue weighted by molar-refractivity contribution is 6.79. The first-order valence-corrected chi connectivity index (χ1v) is 10.7. The van der Waals surface area contributed by atoms with Crippen LogP contribution in [0.3, 0.4) is 0 Å². The highest BCUT2D eigenvalue weighted by atomic mass is 28.3. The Bertz CT molecular complexity index is 459. The number of carbonyl (C=O) groups is 1. The molecule has 0 aromatic heterocycles. The van der Waals surface area contributed by atoms with Gasteiger partial charge < -0.3 is 4.74 Å². The molecule has 3 heteroatoms. The fraction of sp³-hybridized carbons (Fsp3) is 0.562. The number of ether oxygens (including phenoxy) is 1.